The van der Waals surface area contributed by atoms with Gasteiger partial charge in [-0.2, -0.15) is 0 Å². The number of aliphatic carboxylic acids is 1. The van der Waals surface area contributed by atoms with E-state index in [9.17, 15) is 9.59 Å². The highest BCUT2D eigenvalue weighted by molar-refractivity contribution is 5.82. The van der Waals surface area contributed by atoms with Crippen LogP contribution in [-0.2, 0) is 9.59 Å². The lowest BCUT2D eigenvalue weighted by atomic mass is 9.96. The van der Waals surface area contributed by atoms with Crippen molar-refractivity contribution in [2.45, 2.75) is 32.7 Å². The van der Waals surface area contributed by atoms with Gasteiger partial charge in [-0.3, -0.25) is 9.59 Å². The number of carboxylic acid groups (broad SMARTS) is 1. The predicted molar refractivity (Wildman–Crippen MR) is 59.8 cm³/mol. The summed E-state index contributed by atoms with van der Waals surface area (Å²) in [6, 6.07) is -0.521. The van der Waals surface area contributed by atoms with Crippen LogP contribution in [0.1, 0.15) is 26.7 Å². The highest BCUT2D eigenvalue weighted by Crippen LogP contribution is 2.18. The summed E-state index contributed by atoms with van der Waals surface area (Å²) in [5.41, 5.74) is 5.77. The highest BCUT2D eigenvalue weighted by Gasteiger charge is 2.31. The Labute approximate surface area is 95.6 Å². The second kappa shape index (κ2) is 5.30. The Balaban J connectivity index is 2.60. The zero-order chi connectivity index (χ0) is 12.3. The molecule has 0 bridgehead atoms. The van der Waals surface area contributed by atoms with Crippen LogP contribution < -0.4 is 5.73 Å². The molecule has 16 heavy (non-hydrogen) atoms. The van der Waals surface area contributed by atoms with Gasteiger partial charge in [-0.15, -0.1) is 0 Å². The van der Waals surface area contributed by atoms with Crippen LogP contribution in [0.25, 0.3) is 0 Å². The van der Waals surface area contributed by atoms with Crippen molar-refractivity contribution in [1.82, 2.24) is 4.90 Å². The largest absolute Gasteiger partial charge is 0.481 e. The smallest absolute Gasteiger partial charge is 0.308 e. The zero-order valence-corrected chi connectivity index (χ0v) is 9.85. The molecule has 0 aromatic rings. The van der Waals surface area contributed by atoms with Crippen molar-refractivity contribution in [3.05, 3.63) is 0 Å². The first-order chi connectivity index (χ1) is 7.43. The minimum atomic E-state index is -0.824. The zero-order valence-electron chi connectivity index (χ0n) is 9.85. The van der Waals surface area contributed by atoms with Crippen LogP contribution in [0.5, 0.6) is 0 Å². The third kappa shape index (κ3) is 2.95. The maximum absolute atomic E-state index is 11.9. The molecule has 2 atom stereocenters. The van der Waals surface area contributed by atoms with Gasteiger partial charge in [0, 0.05) is 13.1 Å². The molecule has 0 radical (unpaired) electrons. The van der Waals surface area contributed by atoms with Crippen molar-refractivity contribution >= 4 is 11.9 Å². The van der Waals surface area contributed by atoms with Crippen LogP contribution in [-0.4, -0.2) is 41.0 Å². The molecule has 0 spiro atoms. The molecule has 1 fully saturated rings. The topological polar surface area (TPSA) is 83.6 Å². The third-order valence-corrected chi connectivity index (χ3v) is 3.09. The van der Waals surface area contributed by atoms with Crippen molar-refractivity contribution in [1.29, 1.82) is 0 Å². The molecule has 1 saturated heterocycles. The molecule has 0 aromatic carbocycles. The van der Waals surface area contributed by atoms with Gasteiger partial charge < -0.3 is 15.7 Å². The van der Waals surface area contributed by atoms with Gasteiger partial charge in [-0.05, 0) is 18.8 Å². The van der Waals surface area contributed by atoms with E-state index in [-0.39, 0.29) is 11.8 Å². The number of likely N-dealkylation sites (tertiary alicyclic amines) is 1. The fourth-order valence-electron chi connectivity index (χ4n) is 1.87. The number of carbonyl (C=O) groups is 2. The fourth-order valence-corrected chi connectivity index (χ4v) is 1.87. The van der Waals surface area contributed by atoms with E-state index in [1.165, 1.54) is 0 Å². The second-order valence-electron chi connectivity index (χ2n) is 4.73. The molecule has 5 heteroatoms. The molecule has 0 aromatic heterocycles. The van der Waals surface area contributed by atoms with Crippen LogP contribution in [0.2, 0.25) is 0 Å². The van der Waals surface area contributed by atoms with E-state index in [4.69, 9.17) is 10.8 Å². The lowest BCUT2D eigenvalue weighted by Gasteiger charge is -2.33. The molecule has 1 amide bonds. The standard InChI is InChI=1S/C11H20N2O3/c1-7(2)9(12)10(14)13-5-3-4-8(6-13)11(15)16/h7-9H,3-6,12H2,1-2H3,(H,15,16)/t8-,9-/m0/s1. The summed E-state index contributed by atoms with van der Waals surface area (Å²) >= 11 is 0. The number of hydrogen-bond donors (Lipinski definition) is 2. The van der Waals surface area contributed by atoms with Crippen LogP contribution in [0.3, 0.4) is 0 Å². The number of nitrogens with two attached hydrogens (primary N) is 1. The first kappa shape index (κ1) is 13.0. The van der Waals surface area contributed by atoms with Gasteiger partial charge in [0.25, 0.3) is 0 Å². The molecule has 1 heterocycles. The summed E-state index contributed by atoms with van der Waals surface area (Å²) in [5, 5.41) is 8.92. The van der Waals surface area contributed by atoms with E-state index in [1.807, 2.05) is 13.8 Å². The number of carboxylic acids is 1. The number of hydrogen-bond acceptors (Lipinski definition) is 3. The molecule has 3 N–H and O–H groups in total. The summed E-state index contributed by atoms with van der Waals surface area (Å²) in [6.07, 6.45) is 1.39. The summed E-state index contributed by atoms with van der Waals surface area (Å²) in [5.74, 6) is -1.30. The quantitative estimate of drug-likeness (QED) is 0.727. The van der Waals surface area contributed by atoms with Crippen molar-refractivity contribution < 1.29 is 14.7 Å². The normalized spacial score (nSPS) is 23.2. The van der Waals surface area contributed by atoms with E-state index < -0.39 is 17.9 Å². The van der Waals surface area contributed by atoms with Crippen LogP contribution in [0.15, 0.2) is 0 Å². The predicted octanol–water partition coefficient (Wildman–Crippen LogP) is 0.293. The van der Waals surface area contributed by atoms with Gasteiger partial charge in [-0.25, -0.2) is 0 Å². The molecule has 0 saturated carbocycles. The van der Waals surface area contributed by atoms with Crippen molar-refractivity contribution in [2.24, 2.45) is 17.6 Å². The van der Waals surface area contributed by atoms with Gasteiger partial charge in [0.2, 0.25) is 5.91 Å². The van der Waals surface area contributed by atoms with E-state index >= 15 is 0 Å². The van der Waals surface area contributed by atoms with Gasteiger partial charge >= 0.3 is 5.97 Å². The van der Waals surface area contributed by atoms with Gasteiger partial charge in [0.05, 0.1) is 12.0 Å². The van der Waals surface area contributed by atoms with Crippen LogP contribution in [0, 0.1) is 11.8 Å². The minimum Gasteiger partial charge on any atom is -0.481 e. The maximum atomic E-state index is 11.9. The van der Waals surface area contributed by atoms with E-state index in [2.05, 4.69) is 0 Å². The lowest BCUT2D eigenvalue weighted by Crippen LogP contribution is -2.50. The lowest BCUT2D eigenvalue weighted by molar-refractivity contribution is -0.146. The average Bonchev–Trinajstić information content (AvgIpc) is 2.27. The molecule has 5 nitrogen and oxygen atoms in total. The Morgan fingerprint density at radius 3 is 2.56 bits per heavy atom. The SMILES string of the molecule is CC(C)[C@H](N)C(=O)N1CCC[C@H](C(=O)O)C1. The number of nitrogens with zero attached hydrogens (tertiary/aromatic N) is 1. The molecule has 0 aliphatic carbocycles. The molecule has 1 aliphatic rings. The molecular formula is C11H20N2O3. The summed E-state index contributed by atoms with van der Waals surface area (Å²) < 4.78 is 0. The molecule has 92 valence electrons. The minimum absolute atomic E-state index is 0.0812. The van der Waals surface area contributed by atoms with Gasteiger partial charge in [0.1, 0.15) is 0 Å². The van der Waals surface area contributed by atoms with Crippen molar-refractivity contribution in [2.75, 3.05) is 13.1 Å². The molecule has 1 aliphatic heterocycles. The second-order valence-corrected chi connectivity index (χ2v) is 4.73. The van der Waals surface area contributed by atoms with Crippen molar-refractivity contribution in [3.63, 3.8) is 0 Å². The Morgan fingerprint density at radius 2 is 2.06 bits per heavy atom. The monoisotopic (exact) mass is 228 g/mol. The molecule has 1 rings (SSSR count). The van der Waals surface area contributed by atoms with Crippen molar-refractivity contribution in [3.8, 4) is 0 Å². The summed E-state index contributed by atoms with van der Waals surface area (Å²) in [7, 11) is 0. The highest BCUT2D eigenvalue weighted by atomic mass is 16.4. The third-order valence-electron chi connectivity index (χ3n) is 3.09. The number of carbonyl (C=O) groups excluding carboxylic acids is 1. The Morgan fingerprint density at radius 1 is 1.44 bits per heavy atom. The van der Waals surface area contributed by atoms with Crippen LogP contribution >= 0.6 is 0 Å². The first-order valence-corrected chi connectivity index (χ1v) is 5.70. The molecule has 0 unspecified atom stereocenters. The number of rotatable bonds is 3. The van der Waals surface area contributed by atoms with Crippen LogP contribution in [0.4, 0.5) is 0 Å². The molecular weight excluding hydrogens is 208 g/mol. The van der Waals surface area contributed by atoms with Gasteiger partial charge in [0.15, 0.2) is 0 Å². The van der Waals surface area contributed by atoms with Gasteiger partial charge in [-0.1, -0.05) is 13.8 Å². The fraction of sp³-hybridized carbons (Fsp3) is 0.818. The number of amides is 1. The van der Waals surface area contributed by atoms with E-state index in [0.29, 0.717) is 19.5 Å². The maximum Gasteiger partial charge on any atom is 0.308 e. The number of piperidine rings is 1. The summed E-state index contributed by atoms with van der Waals surface area (Å²) in [6.45, 7) is 4.71. The van der Waals surface area contributed by atoms with E-state index in [1.54, 1.807) is 4.90 Å². The summed E-state index contributed by atoms with van der Waals surface area (Å²) in [4.78, 5) is 24.4. The Bertz CT molecular complexity index is 278. The average molecular weight is 228 g/mol. The van der Waals surface area contributed by atoms with E-state index in [0.717, 1.165) is 6.42 Å². The Hall–Kier alpha value is -1.10. The first-order valence-electron chi connectivity index (χ1n) is 5.70. The Kier molecular flexibility index (Phi) is 4.29.